The number of amides is 1. The van der Waals surface area contributed by atoms with Crippen LogP contribution in [-0.4, -0.2) is 61.5 Å². The second-order valence-corrected chi connectivity index (χ2v) is 6.38. The Morgan fingerprint density at radius 2 is 1.88 bits per heavy atom. The summed E-state index contributed by atoms with van der Waals surface area (Å²) in [6.45, 7) is 8.18. The minimum atomic E-state index is 0.242. The fourth-order valence-corrected chi connectivity index (χ4v) is 2.89. The van der Waals surface area contributed by atoms with Crippen molar-refractivity contribution in [2.75, 3.05) is 45.8 Å². The molecule has 0 unspecified atom stereocenters. The molecular formula is C20H31N3O. The molecule has 2 rings (SSSR count). The van der Waals surface area contributed by atoms with Gasteiger partial charge in [0, 0.05) is 32.7 Å². The van der Waals surface area contributed by atoms with E-state index in [1.807, 2.05) is 11.0 Å². The Morgan fingerprint density at radius 3 is 2.58 bits per heavy atom. The smallest absolute Gasteiger partial charge is 0.236 e. The van der Waals surface area contributed by atoms with Crippen molar-refractivity contribution in [3.8, 4) is 0 Å². The summed E-state index contributed by atoms with van der Waals surface area (Å²) in [5, 5.41) is 3.26. The van der Waals surface area contributed by atoms with Gasteiger partial charge in [-0.2, -0.15) is 0 Å². The average Bonchev–Trinajstić information content (AvgIpc) is 2.63. The van der Waals surface area contributed by atoms with Crippen LogP contribution >= 0.6 is 0 Å². The molecule has 132 valence electrons. The molecular weight excluding hydrogens is 298 g/mol. The first-order valence-corrected chi connectivity index (χ1v) is 9.22. The highest BCUT2D eigenvalue weighted by molar-refractivity contribution is 5.78. The Hall–Kier alpha value is -1.65. The molecule has 1 aliphatic rings. The molecule has 1 saturated heterocycles. The molecule has 0 aliphatic carbocycles. The summed E-state index contributed by atoms with van der Waals surface area (Å²) in [5.41, 5.74) is 1.24. The van der Waals surface area contributed by atoms with Crippen LogP contribution in [0.25, 0.3) is 6.08 Å². The maximum absolute atomic E-state index is 12.2. The van der Waals surface area contributed by atoms with Gasteiger partial charge in [0.05, 0.1) is 6.54 Å². The maximum atomic E-state index is 12.2. The molecule has 4 heteroatoms. The number of nitrogens with one attached hydrogen (secondary N) is 1. The minimum Gasteiger partial charge on any atom is -0.339 e. The predicted octanol–water partition coefficient (Wildman–Crippen LogP) is 2.62. The average molecular weight is 329 g/mol. The SMILES string of the molecule is CCCCCNCC(=O)N1CCN(C/C=C/c2ccccc2)CC1. The van der Waals surface area contributed by atoms with Crippen molar-refractivity contribution >= 4 is 12.0 Å². The van der Waals surface area contributed by atoms with Gasteiger partial charge in [-0.05, 0) is 18.5 Å². The van der Waals surface area contributed by atoms with Gasteiger partial charge < -0.3 is 10.2 Å². The first-order valence-electron chi connectivity index (χ1n) is 9.22. The summed E-state index contributed by atoms with van der Waals surface area (Å²) in [6.07, 6.45) is 7.98. The molecule has 1 fully saturated rings. The fraction of sp³-hybridized carbons (Fsp3) is 0.550. The Bertz CT molecular complexity index is 493. The van der Waals surface area contributed by atoms with Crippen molar-refractivity contribution < 1.29 is 4.79 Å². The van der Waals surface area contributed by atoms with Crippen LogP contribution in [0, 0.1) is 0 Å². The number of hydrogen-bond acceptors (Lipinski definition) is 3. The van der Waals surface area contributed by atoms with Gasteiger partial charge in [-0.25, -0.2) is 0 Å². The summed E-state index contributed by atoms with van der Waals surface area (Å²) in [6, 6.07) is 10.4. The van der Waals surface area contributed by atoms with E-state index in [-0.39, 0.29) is 5.91 Å². The molecule has 0 saturated carbocycles. The van der Waals surface area contributed by atoms with Crippen molar-refractivity contribution in [2.24, 2.45) is 0 Å². The van der Waals surface area contributed by atoms with E-state index in [2.05, 4.69) is 53.6 Å². The van der Waals surface area contributed by atoms with Gasteiger partial charge in [0.15, 0.2) is 0 Å². The van der Waals surface area contributed by atoms with Crippen molar-refractivity contribution in [3.05, 3.63) is 42.0 Å². The fourth-order valence-electron chi connectivity index (χ4n) is 2.89. The van der Waals surface area contributed by atoms with E-state index in [0.29, 0.717) is 6.54 Å². The highest BCUT2D eigenvalue weighted by atomic mass is 16.2. The second kappa shape index (κ2) is 11.0. The minimum absolute atomic E-state index is 0.242. The van der Waals surface area contributed by atoms with Crippen LogP contribution < -0.4 is 5.32 Å². The normalized spacial score (nSPS) is 16.0. The van der Waals surface area contributed by atoms with E-state index < -0.39 is 0 Å². The Morgan fingerprint density at radius 1 is 1.12 bits per heavy atom. The number of carbonyl (C=O) groups excluding carboxylic acids is 1. The first kappa shape index (κ1) is 18.7. The molecule has 24 heavy (non-hydrogen) atoms. The molecule has 1 N–H and O–H groups in total. The zero-order chi connectivity index (χ0) is 17.0. The summed E-state index contributed by atoms with van der Waals surface area (Å²) in [5.74, 6) is 0.242. The highest BCUT2D eigenvalue weighted by Crippen LogP contribution is 2.04. The lowest BCUT2D eigenvalue weighted by atomic mass is 10.2. The van der Waals surface area contributed by atoms with Crippen molar-refractivity contribution in [1.29, 1.82) is 0 Å². The molecule has 1 aromatic rings. The molecule has 0 radical (unpaired) electrons. The van der Waals surface area contributed by atoms with E-state index in [1.54, 1.807) is 0 Å². The van der Waals surface area contributed by atoms with E-state index in [0.717, 1.165) is 45.7 Å². The van der Waals surface area contributed by atoms with Gasteiger partial charge in [0.25, 0.3) is 0 Å². The Balaban J connectivity index is 1.60. The topological polar surface area (TPSA) is 35.6 Å². The van der Waals surface area contributed by atoms with Gasteiger partial charge >= 0.3 is 0 Å². The van der Waals surface area contributed by atoms with Crippen LogP contribution in [0.3, 0.4) is 0 Å². The third kappa shape index (κ3) is 6.85. The zero-order valence-corrected chi connectivity index (χ0v) is 14.9. The van der Waals surface area contributed by atoms with Gasteiger partial charge in [-0.1, -0.05) is 62.2 Å². The molecule has 0 aromatic heterocycles. The number of unbranched alkanes of at least 4 members (excludes halogenated alkanes) is 2. The number of carbonyl (C=O) groups is 1. The van der Waals surface area contributed by atoms with Crippen molar-refractivity contribution in [3.63, 3.8) is 0 Å². The summed E-state index contributed by atoms with van der Waals surface area (Å²) < 4.78 is 0. The van der Waals surface area contributed by atoms with Crippen molar-refractivity contribution in [2.45, 2.75) is 26.2 Å². The largest absolute Gasteiger partial charge is 0.339 e. The third-order valence-corrected chi connectivity index (χ3v) is 4.43. The molecule has 0 atom stereocenters. The molecule has 1 heterocycles. The number of nitrogens with zero attached hydrogens (tertiary/aromatic N) is 2. The van der Waals surface area contributed by atoms with Crippen LogP contribution in [-0.2, 0) is 4.79 Å². The standard InChI is InChI=1S/C20H31N3O/c1-2-3-7-12-21-18-20(24)23-16-14-22(15-17-23)13-8-11-19-9-5-4-6-10-19/h4-6,8-11,21H,2-3,7,12-18H2,1H3/b11-8+. The van der Waals surface area contributed by atoms with Crippen LogP contribution in [0.5, 0.6) is 0 Å². The molecule has 0 spiro atoms. The molecule has 1 amide bonds. The summed E-state index contributed by atoms with van der Waals surface area (Å²) >= 11 is 0. The zero-order valence-electron chi connectivity index (χ0n) is 14.9. The van der Waals surface area contributed by atoms with E-state index in [4.69, 9.17) is 0 Å². The lowest BCUT2D eigenvalue weighted by Crippen LogP contribution is -2.50. The number of benzene rings is 1. The molecule has 1 aromatic carbocycles. The van der Waals surface area contributed by atoms with Gasteiger partial charge in [-0.15, -0.1) is 0 Å². The van der Waals surface area contributed by atoms with Crippen LogP contribution in [0.4, 0.5) is 0 Å². The first-order chi connectivity index (χ1) is 11.8. The summed E-state index contributed by atoms with van der Waals surface area (Å²) in [7, 11) is 0. The van der Waals surface area contributed by atoms with Crippen LogP contribution in [0.2, 0.25) is 0 Å². The van der Waals surface area contributed by atoms with E-state index in [9.17, 15) is 4.79 Å². The molecule has 1 aliphatic heterocycles. The quantitative estimate of drug-likeness (QED) is 0.708. The van der Waals surface area contributed by atoms with Gasteiger partial charge in [-0.3, -0.25) is 9.69 Å². The highest BCUT2D eigenvalue weighted by Gasteiger charge is 2.19. The number of rotatable bonds is 9. The summed E-state index contributed by atoms with van der Waals surface area (Å²) in [4.78, 5) is 16.6. The van der Waals surface area contributed by atoms with E-state index >= 15 is 0 Å². The van der Waals surface area contributed by atoms with Gasteiger partial charge in [0.2, 0.25) is 5.91 Å². The number of piperazine rings is 1. The lowest BCUT2D eigenvalue weighted by molar-refractivity contribution is -0.131. The van der Waals surface area contributed by atoms with Crippen LogP contribution in [0.1, 0.15) is 31.7 Å². The predicted molar refractivity (Wildman–Crippen MR) is 101 cm³/mol. The molecule has 0 bridgehead atoms. The lowest BCUT2D eigenvalue weighted by Gasteiger charge is -2.34. The van der Waals surface area contributed by atoms with E-state index in [1.165, 1.54) is 18.4 Å². The van der Waals surface area contributed by atoms with Gasteiger partial charge in [0.1, 0.15) is 0 Å². The second-order valence-electron chi connectivity index (χ2n) is 6.38. The Kier molecular flexibility index (Phi) is 8.56. The van der Waals surface area contributed by atoms with Crippen molar-refractivity contribution in [1.82, 2.24) is 15.1 Å². The Labute approximate surface area is 146 Å². The maximum Gasteiger partial charge on any atom is 0.236 e. The third-order valence-electron chi connectivity index (χ3n) is 4.43. The monoisotopic (exact) mass is 329 g/mol. The number of hydrogen-bond donors (Lipinski definition) is 1. The van der Waals surface area contributed by atoms with Crippen LogP contribution in [0.15, 0.2) is 36.4 Å². The molecule has 4 nitrogen and oxygen atoms in total.